The van der Waals surface area contributed by atoms with Crippen LogP contribution in [0.1, 0.15) is 52.4 Å². The minimum absolute atomic E-state index is 0.298. The highest BCUT2D eigenvalue weighted by Gasteiger charge is 2.21. The molecule has 0 aromatic heterocycles. The van der Waals surface area contributed by atoms with E-state index in [0.29, 0.717) is 5.78 Å². The van der Waals surface area contributed by atoms with Gasteiger partial charge in [-0.2, -0.15) is 0 Å². The van der Waals surface area contributed by atoms with Crippen LogP contribution in [0.15, 0.2) is 23.5 Å². The molecule has 2 rings (SSSR count). The Morgan fingerprint density at radius 3 is 1.80 bits per heavy atom. The molecule has 0 saturated heterocycles. The van der Waals surface area contributed by atoms with E-state index in [-0.39, 0.29) is 0 Å². The molecule has 0 atom stereocenters. The normalized spacial score (nSPS) is 19.7. The smallest absolute Gasteiger partial charge is 0.187 e. The number of allylic oxidation sites excluding steroid dienone is 2. The highest BCUT2D eigenvalue weighted by atomic mass is 16.1. The summed E-state index contributed by atoms with van der Waals surface area (Å²) in [5, 5.41) is 0. The number of hydrogen-bond acceptors (Lipinski definition) is 3. The van der Waals surface area contributed by atoms with E-state index in [0.717, 1.165) is 75.9 Å². The summed E-state index contributed by atoms with van der Waals surface area (Å²) in [5.74, 6) is 0.298. The van der Waals surface area contributed by atoms with Crippen molar-refractivity contribution < 1.29 is 4.79 Å². The number of carbonyl (C=O) groups excluding carboxylic acids is 1. The van der Waals surface area contributed by atoms with Gasteiger partial charge < -0.3 is 9.80 Å². The predicted octanol–water partition coefficient (Wildman–Crippen LogP) is 3.33. The van der Waals surface area contributed by atoms with Crippen molar-refractivity contribution in [1.82, 2.24) is 9.80 Å². The van der Waals surface area contributed by atoms with Gasteiger partial charge in [0.05, 0.1) is 0 Å². The molecule has 112 valence electrons. The molecule has 0 bridgehead atoms. The maximum absolute atomic E-state index is 12.7. The van der Waals surface area contributed by atoms with Crippen LogP contribution >= 0.6 is 0 Å². The van der Waals surface area contributed by atoms with E-state index in [1.54, 1.807) is 0 Å². The fraction of sp³-hybridized carbons (Fsp3) is 0.706. The van der Waals surface area contributed by atoms with Crippen LogP contribution in [0.2, 0.25) is 0 Å². The van der Waals surface area contributed by atoms with E-state index in [1.165, 1.54) is 0 Å². The molecule has 20 heavy (non-hydrogen) atoms. The van der Waals surface area contributed by atoms with E-state index in [9.17, 15) is 4.79 Å². The third kappa shape index (κ3) is 3.87. The first-order valence-corrected chi connectivity index (χ1v) is 8.18. The molecular formula is C17H28N2O. The molecular weight excluding hydrogens is 248 g/mol. The van der Waals surface area contributed by atoms with Crippen LogP contribution in [0.5, 0.6) is 0 Å². The summed E-state index contributed by atoms with van der Waals surface area (Å²) < 4.78 is 0. The Labute approximate surface area is 123 Å². The van der Waals surface area contributed by atoms with Crippen molar-refractivity contribution in [2.75, 3.05) is 26.2 Å². The van der Waals surface area contributed by atoms with Crippen LogP contribution in [0.3, 0.4) is 0 Å². The number of Topliss-reactive ketones (excluding diaryl/α,β-unsaturated/α-hetero) is 1. The molecule has 0 N–H and O–H groups in total. The molecule has 0 aromatic carbocycles. The van der Waals surface area contributed by atoms with E-state index in [2.05, 4.69) is 36.0 Å². The fourth-order valence-electron chi connectivity index (χ4n) is 3.12. The number of nitrogens with zero attached hydrogens (tertiary/aromatic N) is 2. The Morgan fingerprint density at radius 1 is 0.950 bits per heavy atom. The zero-order chi connectivity index (χ0) is 14.4. The first-order chi connectivity index (χ1) is 9.74. The zero-order valence-electron chi connectivity index (χ0n) is 13.0. The Kier molecular flexibility index (Phi) is 5.69. The van der Waals surface area contributed by atoms with Crippen molar-refractivity contribution in [3.8, 4) is 0 Å². The second-order valence-electron chi connectivity index (χ2n) is 5.92. The second-order valence-corrected chi connectivity index (χ2v) is 5.92. The molecule has 0 spiro atoms. The number of ketones is 1. The van der Waals surface area contributed by atoms with Crippen LogP contribution in [-0.2, 0) is 4.79 Å². The lowest BCUT2D eigenvalue weighted by atomic mass is 9.94. The molecule has 3 nitrogen and oxygen atoms in total. The Bertz CT molecular complexity index is 362. The Balaban J connectivity index is 2.06. The lowest BCUT2D eigenvalue weighted by Gasteiger charge is -2.29. The monoisotopic (exact) mass is 276 g/mol. The molecule has 0 aliphatic carbocycles. The van der Waals surface area contributed by atoms with Crippen molar-refractivity contribution in [3.05, 3.63) is 23.5 Å². The van der Waals surface area contributed by atoms with Gasteiger partial charge in [-0.3, -0.25) is 4.79 Å². The van der Waals surface area contributed by atoms with E-state index in [1.807, 2.05) is 0 Å². The van der Waals surface area contributed by atoms with Crippen molar-refractivity contribution in [2.45, 2.75) is 52.4 Å². The van der Waals surface area contributed by atoms with E-state index < -0.39 is 0 Å². The Morgan fingerprint density at radius 2 is 1.40 bits per heavy atom. The molecule has 0 amide bonds. The van der Waals surface area contributed by atoms with Gasteiger partial charge in [0, 0.05) is 49.7 Å². The van der Waals surface area contributed by atoms with Gasteiger partial charge in [0.2, 0.25) is 0 Å². The van der Waals surface area contributed by atoms with Gasteiger partial charge >= 0.3 is 0 Å². The molecule has 0 radical (unpaired) electrons. The lowest BCUT2D eigenvalue weighted by Crippen LogP contribution is -2.28. The first-order valence-electron chi connectivity index (χ1n) is 8.18. The van der Waals surface area contributed by atoms with Crippen molar-refractivity contribution in [3.63, 3.8) is 0 Å². The van der Waals surface area contributed by atoms with Crippen molar-refractivity contribution in [1.29, 1.82) is 0 Å². The summed E-state index contributed by atoms with van der Waals surface area (Å²) in [6.45, 7) is 8.72. The van der Waals surface area contributed by atoms with Gasteiger partial charge in [-0.05, 0) is 38.5 Å². The third-order valence-electron chi connectivity index (χ3n) is 4.06. The maximum Gasteiger partial charge on any atom is 0.187 e. The second kappa shape index (κ2) is 7.51. The molecule has 2 heterocycles. The molecule has 2 aliphatic heterocycles. The highest BCUT2D eigenvalue weighted by molar-refractivity contribution is 6.08. The average molecular weight is 276 g/mol. The van der Waals surface area contributed by atoms with Crippen LogP contribution in [0.25, 0.3) is 0 Å². The van der Waals surface area contributed by atoms with Gasteiger partial charge in [-0.25, -0.2) is 0 Å². The van der Waals surface area contributed by atoms with Crippen LogP contribution < -0.4 is 0 Å². The minimum Gasteiger partial charge on any atom is -0.377 e. The van der Waals surface area contributed by atoms with Crippen molar-refractivity contribution >= 4 is 5.78 Å². The standard InChI is InChI=1S/C17H28N2O/c1-3-9-18-11-5-7-15(13-18)17(20)16-8-6-12-19(14-16)10-4-2/h13-14H,3-12H2,1-2H3. The largest absolute Gasteiger partial charge is 0.377 e. The molecule has 0 unspecified atom stereocenters. The molecule has 0 fully saturated rings. The molecule has 2 aliphatic rings. The summed E-state index contributed by atoms with van der Waals surface area (Å²) in [4.78, 5) is 17.3. The number of hydrogen-bond donors (Lipinski definition) is 0. The van der Waals surface area contributed by atoms with Gasteiger partial charge in [-0.15, -0.1) is 0 Å². The van der Waals surface area contributed by atoms with Crippen LogP contribution in [0, 0.1) is 0 Å². The van der Waals surface area contributed by atoms with Crippen LogP contribution in [-0.4, -0.2) is 41.8 Å². The SMILES string of the molecule is CCCN1C=C(C(=O)C2=CN(CCC)CCC2)CCC1. The van der Waals surface area contributed by atoms with E-state index in [4.69, 9.17) is 0 Å². The average Bonchev–Trinajstić information content (AvgIpc) is 2.48. The van der Waals surface area contributed by atoms with Gasteiger partial charge in [0.25, 0.3) is 0 Å². The summed E-state index contributed by atoms with van der Waals surface area (Å²) in [5.41, 5.74) is 2.04. The van der Waals surface area contributed by atoms with Crippen LogP contribution in [0.4, 0.5) is 0 Å². The predicted molar refractivity (Wildman–Crippen MR) is 83.4 cm³/mol. The fourth-order valence-corrected chi connectivity index (χ4v) is 3.12. The topological polar surface area (TPSA) is 23.6 Å². The molecule has 0 saturated carbocycles. The Hall–Kier alpha value is -1.25. The van der Waals surface area contributed by atoms with Gasteiger partial charge in [0.1, 0.15) is 0 Å². The summed E-state index contributed by atoms with van der Waals surface area (Å²) in [6, 6.07) is 0. The first kappa shape index (κ1) is 15.1. The van der Waals surface area contributed by atoms with Gasteiger partial charge in [-0.1, -0.05) is 13.8 Å². The number of rotatable bonds is 6. The maximum atomic E-state index is 12.7. The zero-order valence-corrected chi connectivity index (χ0v) is 13.0. The molecule has 0 aromatic rings. The summed E-state index contributed by atoms with van der Waals surface area (Å²) in [7, 11) is 0. The minimum atomic E-state index is 0.298. The summed E-state index contributed by atoms with van der Waals surface area (Å²) in [6.07, 6.45) is 10.7. The van der Waals surface area contributed by atoms with Gasteiger partial charge in [0.15, 0.2) is 5.78 Å². The third-order valence-corrected chi connectivity index (χ3v) is 4.06. The van der Waals surface area contributed by atoms with E-state index >= 15 is 0 Å². The van der Waals surface area contributed by atoms with Crippen molar-refractivity contribution in [2.24, 2.45) is 0 Å². The highest BCUT2D eigenvalue weighted by Crippen LogP contribution is 2.23. The number of carbonyl (C=O) groups is 1. The molecule has 3 heteroatoms. The lowest BCUT2D eigenvalue weighted by molar-refractivity contribution is -0.112. The quantitative estimate of drug-likeness (QED) is 0.743. The summed E-state index contributed by atoms with van der Waals surface area (Å²) >= 11 is 0.